The van der Waals surface area contributed by atoms with Crippen molar-refractivity contribution in [1.82, 2.24) is 4.98 Å². The highest BCUT2D eigenvalue weighted by molar-refractivity contribution is 7.22. The van der Waals surface area contributed by atoms with Gasteiger partial charge in [-0.15, -0.1) is 11.3 Å². The van der Waals surface area contributed by atoms with E-state index in [1.807, 2.05) is 11.3 Å². The SMILES string of the molecule is CC1(C)c2cc3ccccc3cc2C2C=Cc3c(ccc4nc(-c5ccc(N(c6ccccc6)c6cccc(N(c7ccccc7)c7ccccc7)c6)cc5)sc34)C21. The minimum absolute atomic E-state index is 0.00604. The lowest BCUT2D eigenvalue weighted by molar-refractivity contribution is 0.424. The summed E-state index contributed by atoms with van der Waals surface area (Å²) in [5.41, 5.74) is 14.5. The molecule has 0 spiro atoms. The summed E-state index contributed by atoms with van der Waals surface area (Å²) in [5.74, 6) is 0.746. The first-order valence-electron chi connectivity index (χ1n) is 20.1. The Morgan fingerprint density at radius 2 is 1.03 bits per heavy atom. The summed E-state index contributed by atoms with van der Waals surface area (Å²) in [5, 5.41) is 3.69. The van der Waals surface area contributed by atoms with Gasteiger partial charge in [-0.25, -0.2) is 4.98 Å². The summed E-state index contributed by atoms with van der Waals surface area (Å²) >= 11 is 1.81. The lowest BCUT2D eigenvalue weighted by Crippen LogP contribution is -2.25. The van der Waals surface area contributed by atoms with Crippen LogP contribution in [-0.4, -0.2) is 4.98 Å². The standard InChI is InChI=1S/C54H41N3S/c1-54(2)49-34-38-16-13-12-15-37(38)33-48(49)46-29-30-47-45(51(46)54)31-32-50-52(47)58-53(55-50)36-25-27-42(28-26-36)57(41-21-10-5-11-22-41)44-24-14-23-43(35-44)56(39-17-6-3-7-18-39)40-19-8-4-9-20-40/h3-35,46,51H,1-2H3. The topological polar surface area (TPSA) is 19.4 Å². The molecule has 9 aromatic rings. The summed E-state index contributed by atoms with van der Waals surface area (Å²) in [6.45, 7) is 4.88. The number of para-hydroxylation sites is 3. The van der Waals surface area contributed by atoms with Crippen LogP contribution in [0.15, 0.2) is 194 Å². The number of rotatable bonds is 7. The van der Waals surface area contributed by atoms with E-state index in [2.05, 4.69) is 224 Å². The minimum atomic E-state index is 0.00604. The van der Waals surface area contributed by atoms with Crippen molar-refractivity contribution in [3.8, 4) is 10.6 Å². The van der Waals surface area contributed by atoms with Crippen LogP contribution in [0.3, 0.4) is 0 Å². The maximum atomic E-state index is 5.23. The molecule has 8 aromatic carbocycles. The Morgan fingerprint density at radius 1 is 0.500 bits per heavy atom. The summed E-state index contributed by atoms with van der Waals surface area (Å²) in [4.78, 5) is 9.88. The molecule has 0 amide bonds. The van der Waals surface area contributed by atoms with Gasteiger partial charge in [0.2, 0.25) is 0 Å². The van der Waals surface area contributed by atoms with Crippen LogP contribution in [0.25, 0.3) is 37.6 Å². The zero-order chi connectivity index (χ0) is 38.8. The zero-order valence-electron chi connectivity index (χ0n) is 32.5. The molecule has 0 aliphatic heterocycles. The molecule has 0 saturated heterocycles. The van der Waals surface area contributed by atoms with Crippen molar-refractivity contribution in [2.75, 3.05) is 9.80 Å². The van der Waals surface area contributed by atoms with Crippen LogP contribution in [0.2, 0.25) is 0 Å². The summed E-state index contributed by atoms with van der Waals surface area (Å²) in [6.07, 6.45) is 4.85. The second-order valence-corrected chi connectivity index (χ2v) is 17.0. The maximum absolute atomic E-state index is 5.23. The van der Waals surface area contributed by atoms with Crippen LogP contribution in [-0.2, 0) is 5.41 Å². The van der Waals surface area contributed by atoms with E-state index in [0.29, 0.717) is 11.8 Å². The van der Waals surface area contributed by atoms with Gasteiger partial charge in [-0.05, 0) is 123 Å². The van der Waals surface area contributed by atoms with Crippen molar-refractivity contribution >= 4 is 72.5 Å². The van der Waals surface area contributed by atoms with E-state index in [9.17, 15) is 0 Å². The van der Waals surface area contributed by atoms with E-state index in [1.165, 1.54) is 37.7 Å². The largest absolute Gasteiger partial charge is 0.310 e. The van der Waals surface area contributed by atoms with Crippen LogP contribution >= 0.6 is 11.3 Å². The molecule has 11 rings (SSSR count). The highest BCUT2D eigenvalue weighted by atomic mass is 32.1. The number of hydrogen-bond donors (Lipinski definition) is 0. The van der Waals surface area contributed by atoms with E-state index < -0.39 is 0 Å². The van der Waals surface area contributed by atoms with Gasteiger partial charge in [0.15, 0.2) is 0 Å². The van der Waals surface area contributed by atoms with Gasteiger partial charge < -0.3 is 9.80 Å². The lowest BCUT2D eigenvalue weighted by atomic mass is 9.69. The van der Waals surface area contributed by atoms with Crippen LogP contribution in [0.5, 0.6) is 0 Å². The number of aromatic nitrogens is 1. The van der Waals surface area contributed by atoms with Crippen molar-refractivity contribution in [2.45, 2.75) is 31.1 Å². The first-order chi connectivity index (χ1) is 28.5. The third-order valence-corrected chi connectivity index (χ3v) is 13.5. The molecule has 1 heterocycles. The number of fused-ring (bicyclic) bond motifs is 8. The third kappa shape index (κ3) is 5.67. The predicted octanol–water partition coefficient (Wildman–Crippen LogP) is 15.2. The quantitative estimate of drug-likeness (QED) is 0.161. The Hall–Kier alpha value is -6.75. The highest BCUT2D eigenvalue weighted by Crippen LogP contribution is 2.60. The van der Waals surface area contributed by atoms with Crippen LogP contribution < -0.4 is 9.80 Å². The molecule has 0 saturated carbocycles. The van der Waals surface area contributed by atoms with Crippen molar-refractivity contribution in [3.05, 3.63) is 216 Å². The second kappa shape index (κ2) is 13.7. The van der Waals surface area contributed by atoms with E-state index in [4.69, 9.17) is 4.98 Å². The molecular formula is C54H41N3S. The molecule has 2 atom stereocenters. The van der Waals surface area contributed by atoms with Crippen molar-refractivity contribution in [1.29, 1.82) is 0 Å². The molecule has 0 N–H and O–H groups in total. The number of hydrogen-bond acceptors (Lipinski definition) is 4. The Bertz CT molecular complexity index is 2950. The normalized spacial score (nSPS) is 16.2. The van der Waals surface area contributed by atoms with Gasteiger partial charge in [-0.3, -0.25) is 0 Å². The molecule has 0 bridgehead atoms. The number of anilines is 6. The van der Waals surface area contributed by atoms with Gasteiger partial charge in [0.05, 0.1) is 10.2 Å². The fraction of sp³-hybridized carbons (Fsp3) is 0.0926. The van der Waals surface area contributed by atoms with Gasteiger partial charge in [0.1, 0.15) is 5.01 Å². The Balaban J connectivity index is 0.948. The molecule has 3 nitrogen and oxygen atoms in total. The van der Waals surface area contributed by atoms with Gasteiger partial charge >= 0.3 is 0 Å². The van der Waals surface area contributed by atoms with Crippen molar-refractivity contribution in [3.63, 3.8) is 0 Å². The first-order valence-corrected chi connectivity index (χ1v) is 20.9. The Kier molecular flexibility index (Phi) is 8.16. The van der Waals surface area contributed by atoms with E-state index >= 15 is 0 Å². The molecule has 2 aliphatic rings. The summed E-state index contributed by atoms with van der Waals surface area (Å²) < 4.78 is 1.27. The van der Waals surface area contributed by atoms with Crippen LogP contribution in [0.4, 0.5) is 34.1 Å². The second-order valence-electron chi connectivity index (χ2n) is 16.1. The molecule has 1 aromatic heterocycles. The fourth-order valence-electron chi connectivity index (χ4n) is 9.63. The molecule has 0 fully saturated rings. The Morgan fingerprint density at radius 3 is 1.64 bits per heavy atom. The summed E-state index contributed by atoms with van der Waals surface area (Å²) in [6, 6.07) is 67.8. The fourth-order valence-corrected chi connectivity index (χ4v) is 10.7. The average Bonchev–Trinajstić information content (AvgIpc) is 3.81. The number of allylic oxidation sites excluding steroid dienone is 1. The van der Waals surface area contributed by atoms with Gasteiger partial charge in [-0.1, -0.05) is 129 Å². The molecule has 58 heavy (non-hydrogen) atoms. The lowest BCUT2D eigenvalue weighted by Gasteiger charge is -2.34. The van der Waals surface area contributed by atoms with Crippen molar-refractivity contribution < 1.29 is 0 Å². The maximum Gasteiger partial charge on any atom is 0.124 e. The van der Waals surface area contributed by atoms with Crippen molar-refractivity contribution in [2.24, 2.45) is 0 Å². The van der Waals surface area contributed by atoms with E-state index in [-0.39, 0.29) is 5.41 Å². The van der Waals surface area contributed by atoms with Gasteiger partial charge in [0.25, 0.3) is 0 Å². The highest BCUT2D eigenvalue weighted by Gasteiger charge is 2.48. The minimum Gasteiger partial charge on any atom is -0.310 e. The zero-order valence-corrected chi connectivity index (χ0v) is 33.3. The van der Waals surface area contributed by atoms with Gasteiger partial charge in [0, 0.05) is 51.5 Å². The smallest absolute Gasteiger partial charge is 0.124 e. The van der Waals surface area contributed by atoms with Crippen LogP contribution in [0.1, 0.15) is 47.9 Å². The molecular weight excluding hydrogens is 723 g/mol. The third-order valence-electron chi connectivity index (χ3n) is 12.3. The molecule has 278 valence electrons. The van der Waals surface area contributed by atoms with Gasteiger partial charge in [-0.2, -0.15) is 0 Å². The molecule has 4 heteroatoms. The Labute approximate surface area is 343 Å². The number of benzene rings is 8. The number of thiazole rings is 1. The van der Waals surface area contributed by atoms with E-state index in [0.717, 1.165) is 50.2 Å². The van der Waals surface area contributed by atoms with E-state index in [1.54, 1.807) is 0 Å². The number of nitrogens with zero attached hydrogens (tertiary/aromatic N) is 3. The monoisotopic (exact) mass is 763 g/mol. The average molecular weight is 764 g/mol. The first kappa shape index (κ1) is 34.5. The molecule has 2 aliphatic carbocycles. The van der Waals surface area contributed by atoms with Crippen LogP contribution in [0, 0.1) is 0 Å². The molecule has 0 radical (unpaired) electrons. The molecule has 2 unspecified atom stereocenters. The predicted molar refractivity (Wildman–Crippen MR) is 246 cm³/mol. The summed E-state index contributed by atoms with van der Waals surface area (Å²) in [7, 11) is 0.